The monoisotopic (exact) mass is 461 g/mol. The van der Waals surface area contributed by atoms with Gasteiger partial charge in [-0.05, 0) is 47.1 Å². The number of thiophene rings is 1. The molecule has 2 aromatic heterocycles. The predicted molar refractivity (Wildman–Crippen MR) is 115 cm³/mol. The van der Waals surface area contributed by atoms with Crippen LogP contribution in [0.3, 0.4) is 0 Å². The van der Waals surface area contributed by atoms with Gasteiger partial charge in [0.1, 0.15) is 6.61 Å². The average Bonchev–Trinajstić information content (AvgIpc) is 3.15. The normalized spacial score (nSPS) is 10.8. The van der Waals surface area contributed by atoms with Crippen LogP contribution in [0.1, 0.15) is 17.3 Å². The number of para-hydroxylation sites is 1. The van der Waals surface area contributed by atoms with Crippen molar-refractivity contribution in [3.8, 4) is 10.6 Å². The van der Waals surface area contributed by atoms with E-state index >= 15 is 0 Å². The van der Waals surface area contributed by atoms with Crippen LogP contribution >= 0.6 is 27.3 Å². The Kier molecular flexibility index (Phi) is 7.13. The lowest BCUT2D eigenvalue weighted by Crippen LogP contribution is -2.36. The van der Waals surface area contributed by atoms with Crippen LogP contribution in [-0.4, -0.2) is 43.1 Å². The molecule has 0 atom stereocenters. The standard InChI is InChI=1S/C20H20BrN3O3S/c1-2-27-12-19(25)22-9-10-23-20(26)14-11-16(17-7-8-18(21)28-17)24-15-6-4-3-5-13(14)15/h3-8,11H,2,9-10,12H2,1H3,(H,22,25)(H,23,26). The lowest BCUT2D eigenvalue weighted by molar-refractivity contribution is -0.125. The molecule has 28 heavy (non-hydrogen) atoms. The number of carbonyl (C=O) groups excluding carboxylic acids is 2. The van der Waals surface area contributed by atoms with Crippen molar-refractivity contribution in [3.05, 3.63) is 51.8 Å². The van der Waals surface area contributed by atoms with Crippen molar-refractivity contribution in [1.82, 2.24) is 15.6 Å². The molecule has 146 valence electrons. The van der Waals surface area contributed by atoms with Gasteiger partial charge in [-0.3, -0.25) is 9.59 Å². The van der Waals surface area contributed by atoms with Crippen LogP contribution in [0.2, 0.25) is 0 Å². The zero-order chi connectivity index (χ0) is 19.9. The molecule has 0 aliphatic carbocycles. The first-order valence-corrected chi connectivity index (χ1v) is 10.5. The molecule has 2 amide bonds. The third kappa shape index (κ3) is 5.15. The van der Waals surface area contributed by atoms with E-state index in [2.05, 4.69) is 31.5 Å². The molecule has 0 fully saturated rings. The lowest BCUT2D eigenvalue weighted by Gasteiger charge is -2.10. The highest BCUT2D eigenvalue weighted by Crippen LogP contribution is 2.32. The third-order valence-electron chi connectivity index (χ3n) is 3.96. The second-order valence-corrected chi connectivity index (χ2v) is 8.38. The molecule has 0 aliphatic heterocycles. The van der Waals surface area contributed by atoms with E-state index in [1.165, 1.54) is 0 Å². The Balaban J connectivity index is 1.74. The van der Waals surface area contributed by atoms with E-state index in [1.54, 1.807) is 11.3 Å². The molecule has 0 bridgehead atoms. The number of pyridine rings is 1. The molecule has 0 saturated carbocycles. The first-order chi connectivity index (χ1) is 13.6. The molecule has 2 heterocycles. The van der Waals surface area contributed by atoms with E-state index in [9.17, 15) is 9.59 Å². The van der Waals surface area contributed by atoms with E-state index in [1.807, 2.05) is 49.4 Å². The molecule has 0 spiro atoms. The number of aromatic nitrogens is 1. The largest absolute Gasteiger partial charge is 0.372 e. The third-order valence-corrected chi connectivity index (χ3v) is 5.60. The molecular weight excluding hydrogens is 442 g/mol. The number of ether oxygens (including phenoxy) is 1. The van der Waals surface area contributed by atoms with Gasteiger partial charge in [0.2, 0.25) is 5.91 Å². The maximum atomic E-state index is 12.8. The van der Waals surface area contributed by atoms with E-state index in [0.717, 1.165) is 25.3 Å². The zero-order valence-electron chi connectivity index (χ0n) is 15.3. The summed E-state index contributed by atoms with van der Waals surface area (Å²) < 4.78 is 6.04. The minimum atomic E-state index is -0.200. The molecule has 6 nitrogen and oxygen atoms in total. The summed E-state index contributed by atoms with van der Waals surface area (Å²) in [5, 5.41) is 6.36. The molecule has 8 heteroatoms. The van der Waals surface area contributed by atoms with Gasteiger partial charge in [0.25, 0.3) is 5.91 Å². The smallest absolute Gasteiger partial charge is 0.252 e. The van der Waals surface area contributed by atoms with E-state index in [0.29, 0.717) is 25.3 Å². The minimum Gasteiger partial charge on any atom is -0.372 e. The Hall–Kier alpha value is -2.29. The first kappa shape index (κ1) is 20.4. The first-order valence-electron chi connectivity index (χ1n) is 8.86. The number of fused-ring (bicyclic) bond motifs is 1. The predicted octanol–water partition coefficient (Wildman–Crippen LogP) is 3.61. The molecule has 0 aliphatic rings. The number of halogens is 1. The average molecular weight is 462 g/mol. The van der Waals surface area contributed by atoms with Crippen molar-refractivity contribution >= 4 is 50.0 Å². The highest BCUT2D eigenvalue weighted by molar-refractivity contribution is 9.11. The SMILES string of the molecule is CCOCC(=O)NCCNC(=O)c1cc(-c2ccc(Br)s2)nc2ccccc12. The van der Waals surface area contributed by atoms with Gasteiger partial charge >= 0.3 is 0 Å². The van der Waals surface area contributed by atoms with Gasteiger partial charge in [-0.25, -0.2) is 4.98 Å². The van der Waals surface area contributed by atoms with Crippen molar-refractivity contribution in [2.45, 2.75) is 6.92 Å². The molecule has 0 saturated heterocycles. The number of hydrogen-bond acceptors (Lipinski definition) is 5. The molecule has 0 radical (unpaired) electrons. The molecule has 0 unspecified atom stereocenters. The van der Waals surface area contributed by atoms with Gasteiger partial charge < -0.3 is 15.4 Å². The van der Waals surface area contributed by atoms with Crippen molar-refractivity contribution in [2.24, 2.45) is 0 Å². The van der Waals surface area contributed by atoms with Gasteiger partial charge in [-0.2, -0.15) is 0 Å². The highest BCUT2D eigenvalue weighted by Gasteiger charge is 2.14. The van der Waals surface area contributed by atoms with Gasteiger partial charge in [0.05, 0.1) is 25.4 Å². The van der Waals surface area contributed by atoms with E-state index < -0.39 is 0 Å². The quantitative estimate of drug-likeness (QED) is 0.502. The number of nitrogens with zero attached hydrogens (tertiary/aromatic N) is 1. The fraction of sp³-hybridized carbons (Fsp3) is 0.250. The number of nitrogens with one attached hydrogen (secondary N) is 2. The van der Waals surface area contributed by atoms with Gasteiger partial charge in [0, 0.05) is 25.1 Å². The number of carbonyl (C=O) groups is 2. The Morgan fingerprint density at radius 1 is 1.14 bits per heavy atom. The molecule has 3 rings (SSSR count). The zero-order valence-corrected chi connectivity index (χ0v) is 17.7. The number of amides is 2. The second-order valence-electron chi connectivity index (χ2n) is 5.92. The maximum Gasteiger partial charge on any atom is 0.252 e. The van der Waals surface area contributed by atoms with Crippen LogP contribution in [0, 0.1) is 0 Å². The molecule has 1 aromatic carbocycles. The van der Waals surface area contributed by atoms with Crippen molar-refractivity contribution in [1.29, 1.82) is 0 Å². The lowest BCUT2D eigenvalue weighted by atomic mass is 10.1. The number of hydrogen-bond donors (Lipinski definition) is 2. The fourth-order valence-corrected chi connectivity index (χ4v) is 4.01. The Bertz CT molecular complexity index is 990. The van der Waals surface area contributed by atoms with Crippen LogP contribution in [0.5, 0.6) is 0 Å². The molecule has 3 aromatic rings. The van der Waals surface area contributed by atoms with Crippen LogP contribution < -0.4 is 10.6 Å². The van der Waals surface area contributed by atoms with Crippen LogP contribution in [0.25, 0.3) is 21.5 Å². The van der Waals surface area contributed by atoms with Crippen molar-refractivity contribution < 1.29 is 14.3 Å². The summed E-state index contributed by atoms with van der Waals surface area (Å²) in [6.45, 7) is 3.01. The van der Waals surface area contributed by atoms with Crippen LogP contribution in [0.4, 0.5) is 0 Å². The van der Waals surface area contributed by atoms with Gasteiger partial charge in [-0.15, -0.1) is 11.3 Å². The van der Waals surface area contributed by atoms with E-state index in [4.69, 9.17) is 4.74 Å². The summed E-state index contributed by atoms with van der Waals surface area (Å²) in [6.07, 6.45) is 0. The van der Waals surface area contributed by atoms with Crippen LogP contribution in [-0.2, 0) is 9.53 Å². The molecule has 2 N–H and O–H groups in total. The topological polar surface area (TPSA) is 80.3 Å². The summed E-state index contributed by atoms with van der Waals surface area (Å²) in [6, 6.07) is 13.3. The summed E-state index contributed by atoms with van der Waals surface area (Å²) in [5.74, 6) is -0.398. The maximum absolute atomic E-state index is 12.8. The summed E-state index contributed by atoms with van der Waals surface area (Å²) in [4.78, 5) is 30.0. The van der Waals surface area contributed by atoms with Gasteiger partial charge in [0.15, 0.2) is 0 Å². The summed E-state index contributed by atoms with van der Waals surface area (Å²) in [7, 11) is 0. The summed E-state index contributed by atoms with van der Waals surface area (Å²) >= 11 is 5.03. The number of benzene rings is 1. The number of rotatable bonds is 8. The Morgan fingerprint density at radius 3 is 2.68 bits per heavy atom. The Morgan fingerprint density at radius 2 is 1.93 bits per heavy atom. The Labute approximate surface area is 175 Å². The second kappa shape index (κ2) is 9.77. The van der Waals surface area contributed by atoms with Crippen molar-refractivity contribution in [3.63, 3.8) is 0 Å². The highest BCUT2D eigenvalue weighted by atomic mass is 79.9. The minimum absolute atomic E-state index is 0.0270. The summed E-state index contributed by atoms with van der Waals surface area (Å²) in [5.41, 5.74) is 2.08. The van der Waals surface area contributed by atoms with Gasteiger partial charge in [-0.1, -0.05) is 18.2 Å². The van der Waals surface area contributed by atoms with Crippen LogP contribution in [0.15, 0.2) is 46.3 Å². The van der Waals surface area contributed by atoms with E-state index in [-0.39, 0.29) is 18.4 Å². The van der Waals surface area contributed by atoms with Crippen molar-refractivity contribution in [2.75, 3.05) is 26.3 Å². The fourth-order valence-electron chi connectivity index (χ4n) is 2.66. The molecular formula is C20H20BrN3O3S.